The molecule has 0 fully saturated rings. The van der Waals surface area contributed by atoms with Crippen LogP contribution in [0.1, 0.15) is 13.3 Å². The van der Waals surface area contributed by atoms with E-state index in [-0.39, 0.29) is 0 Å². The second kappa shape index (κ2) is 7.95. The quantitative estimate of drug-likeness (QED) is 0.358. The van der Waals surface area contributed by atoms with Gasteiger partial charge in [0, 0.05) is 0 Å². The fourth-order valence-electron chi connectivity index (χ4n) is 3.67. The van der Waals surface area contributed by atoms with Crippen LogP contribution in [0.5, 0.6) is 0 Å². The van der Waals surface area contributed by atoms with Gasteiger partial charge in [-0.05, 0) is 27.2 Å². The molecule has 0 atom stereocenters. The maximum Gasteiger partial charge on any atom is 0.179 e. The van der Waals surface area contributed by atoms with Crippen LogP contribution >= 0.6 is 0 Å². The first-order valence-corrected chi connectivity index (χ1v) is 10.8. The molecule has 0 amide bonds. The molecule has 124 valence electrons. The van der Waals surface area contributed by atoms with E-state index in [1.54, 1.807) is 0 Å². The molecule has 0 nitrogen and oxygen atoms in total. The third-order valence-electron chi connectivity index (χ3n) is 4.70. The second-order valence-corrected chi connectivity index (χ2v) is 9.93. The standard InChI is InChI=1S/C24H24Si/c1-3-14-21(4-2)25(22-15-8-5-9-16-22,23-17-10-6-11-18-23)24-19-12-7-13-20-24/h4-20H,2-3H2,1H3/b21-14+. The third kappa shape index (κ3) is 3.16. The van der Waals surface area contributed by atoms with Crippen LogP contribution in [0.3, 0.4) is 0 Å². The summed E-state index contributed by atoms with van der Waals surface area (Å²) in [5.41, 5.74) is 0. The fourth-order valence-corrected chi connectivity index (χ4v) is 8.57. The molecule has 1 heteroatoms. The largest absolute Gasteiger partial charge is 0.179 e. The Balaban J connectivity index is 2.44. The van der Waals surface area contributed by atoms with Crippen molar-refractivity contribution in [3.8, 4) is 0 Å². The summed E-state index contributed by atoms with van der Waals surface area (Å²) in [5.74, 6) is 0. The lowest BCUT2D eigenvalue weighted by atomic mass is 10.3. The second-order valence-electron chi connectivity index (χ2n) is 6.12. The lowest BCUT2D eigenvalue weighted by Crippen LogP contribution is -2.68. The molecule has 0 spiro atoms. The highest BCUT2D eigenvalue weighted by atomic mass is 28.3. The molecule has 3 aromatic rings. The van der Waals surface area contributed by atoms with Gasteiger partial charge >= 0.3 is 0 Å². The molecule has 0 aliphatic carbocycles. The molecule has 3 rings (SSSR count). The average Bonchev–Trinajstić information content (AvgIpc) is 2.70. The fraction of sp³-hybridized carbons (Fsp3) is 0.0833. The van der Waals surface area contributed by atoms with Crippen molar-refractivity contribution in [1.29, 1.82) is 0 Å². The Morgan fingerprint density at radius 3 is 1.36 bits per heavy atom. The van der Waals surface area contributed by atoms with Crippen LogP contribution < -0.4 is 15.6 Å². The molecule has 0 radical (unpaired) electrons. The number of rotatable bonds is 6. The van der Waals surface area contributed by atoms with Crippen molar-refractivity contribution in [2.45, 2.75) is 13.3 Å². The summed E-state index contributed by atoms with van der Waals surface area (Å²) >= 11 is 0. The minimum absolute atomic E-state index is 1.00. The number of hydrogen-bond donors (Lipinski definition) is 0. The topological polar surface area (TPSA) is 0 Å². The van der Waals surface area contributed by atoms with Gasteiger partial charge in [0.15, 0.2) is 8.07 Å². The van der Waals surface area contributed by atoms with Gasteiger partial charge in [0.1, 0.15) is 0 Å². The molecule has 0 saturated carbocycles. The molecule has 3 aromatic carbocycles. The number of hydrogen-bond acceptors (Lipinski definition) is 0. The van der Waals surface area contributed by atoms with Crippen molar-refractivity contribution >= 4 is 23.6 Å². The smallest absolute Gasteiger partial charge is 0.0992 e. The van der Waals surface area contributed by atoms with Crippen molar-refractivity contribution < 1.29 is 0 Å². The Morgan fingerprint density at radius 1 is 0.720 bits per heavy atom. The normalized spacial score (nSPS) is 12.0. The Bertz CT molecular complexity index is 736. The highest BCUT2D eigenvalue weighted by Crippen LogP contribution is 2.19. The molecule has 0 aromatic heterocycles. The van der Waals surface area contributed by atoms with Crippen molar-refractivity contribution in [2.75, 3.05) is 0 Å². The Labute approximate surface area is 152 Å². The van der Waals surface area contributed by atoms with Gasteiger partial charge in [-0.1, -0.05) is 117 Å². The van der Waals surface area contributed by atoms with E-state index < -0.39 is 8.07 Å². The minimum Gasteiger partial charge on any atom is -0.0992 e. The summed E-state index contributed by atoms with van der Waals surface area (Å²) in [6.45, 7) is 6.39. The van der Waals surface area contributed by atoms with E-state index >= 15 is 0 Å². The predicted molar refractivity (Wildman–Crippen MR) is 113 cm³/mol. The molecular weight excluding hydrogens is 316 g/mol. The molecule has 25 heavy (non-hydrogen) atoms. The summed E-state index contributed by atoms with van der Waals surface area (Å²) in [4.78, 5) is 0. The maximum atomic E-state index is 4.19. The van der Waals surface area contributed by atoms with Crippen molar-refractivity contribution in [1.82, 2.24) is 0 Å². The van der Waals surface area contributed by atoms with Crippen LogP contribution in [0.4, 0.5) is 0 Å². The Kier molecular flexibility index (Phi) is 5.47. The minimum atomic E-state index is -2.33. The first-order valence-electron chi connectivity index (χ1n) is 8.83. The summed E-state index contributed by atoms with van der Waals surface area (Å²) in [7, 11) is -2.33. The van der Waals surface area contributed by atoms with E-state index in [1.807, 2.05) is 0 Å². The first-order chi connectivity index (χ1) is 12.3. The lowest BCUT2D eigenvalue weighted by Gasteiger charge is -2.35. The van der Waals surface area contributed by atoms with E-state index in [1.165, 1.54) is 20.8 Å². The highest BCUT2D eigenvalue weighted by Gasteiger charge is 2.41. The molecule has 0 aliphatic heterocycles. The molecular formula is C24H24Si. The van der Waals surface area contributed by atoms with Crippen LogP contribution in [0, 0.1) is 0 Å². The van der Waals surface area contributed by atoms with Gasteiger partial charge in [-0.3, -0.25) is 0 Å². The third-order valence-corrected chi connectivity index (χ3v) is 9.57. The van der Waals surface area contributed by atoms with E-state index in [4.69, 9.17) is 0 Å². The van der Waals surface area contributed by atoms with Crippen LogP contribution in [0.2, 0.25) is 0 Å². The lowest BCUT2D eigenvalue weighted by molar-refractivity contribution is 1.22. The van der Waals surface area contributed by atoms with Gasteiger partial charge < -0.3 is 0 Å². The van der Waals surface area contributed by atoms with Gasteiger partial charge in [-0.25, -0.2) is 0 Å². The van der Waals surface area contributed by atoms with E-state index in [2.05, 4.69) is 117 Å². The van der Waals surface area contributed by atoms with Crippen molar-refractivity contribution in [2.24, 2.45) is 0 Å². The van der Waals surface area contributed by atoms with Crippen LogP contribution in [0.15, 0.2) is 115 Å². The van der Waals surface area contributed by atoms with Gasteiger partial charge in [0.25, 0.3) is 0 Å². The van der Waals surface area contributed by atoms with Gasteiger partial charge in [-0.15, -0.1) is 0 Å². The number of benzene rings is 3. The molecule has 0 heterocycles. The molecule has 0 bridgehead atoms. The van der Waals surface area contributed by atoms with Gasteiger partial charge in [0.05, 0.1) is 0 Å². The van der Waals surface area contributed by atoms with Crippen molar-refractivity contribution in [3.63, 3.8) is 0 Å². The molecule has 0 aliphatic rings. The van der Waals surface area contributed by atoms with E-state index in [9.17, 15) is 0 Å². The molecule has 0 N–H and O–H groups in total. The summed E-state index contributed by atoms with van der Waals surface area (Å²) in [6.07, 6.45) is 5.43. The van der Waals surface area contributed by atoms with Gasteiger partial charge in [-0.2, -0.15) is 0 Å². The highest BCUT2D eigenvalue weighted by molar-refractivity contribution is 7.16. The van der Waals surface area contributed by atoms with Crippen molar-refractivity contribution in [3.05, 3.63) is 115 Å². The van der Waals surface area contributed by atoms with E-state index in [0.29, 0.717) is 0 Å². The molecule has 0 unspecified atom stereocenters. The Hall–Kier alpha value is -2.64. The predicted octanol–water partition coefficient (Wildman–Crippen LogP) is 4.22. The zero-order valence-corrected chi connectivity index (χ0v) is 15.7. The maximum absolute atomic E-state index is 4.19. The molecule has 0 saturated heterocycles. The SMILES string of the molecule is C=C/C(=C\CC)[Si](c1ccccc1)(c1ccccc1)c1ccccc1. The Morgan fingerprint density at radius 2 is 1.08 bits per heavy atom. The van der Waals surface area contributed by atoms with E-state index in [0.717, 1.165) is 6.42 Å². The van der Waals surface area contributed by atoms with Gasteiger partial charge in [0.2, 0.25) is 0 Å². The number of allylic oxidation sites excluding steroid dienone is 3. The van der Waals surface area contributed by atoms with Crippen LogP contribution in [-0.4, -0.2) is 8.07 Å². The average molecular weight is 341 g/mol. The van der Waals surface area contributed by atoms with Crippen LogP contribution in [-0.2, 0) is 0 Å². The monoisotopic (exact) mass is 340 g/mol. The van der Waals surface area contributed by atoms with Crippen LogP contribution in [0.25, 0.3) is 0 Å². The first kappa shape index (κ1) is 17.2. The zero-order chi connectivity index (χ0) is 17.5. The summed E-state index contributed by atoms with van der Waals surface area (Å²) in [5, 5.41) is 5.55. The summed E-state index contributed by atoms with van der Waals surface area (Å²) in [6, 6.07) is 32.8. The summed E-state index contributed by atoms with van der Waals surface area (Å²) < 4.78 is 0. The zero-order valence-electron chi connectivity index (χ0n) is 14.7.